The molecule has 2 N–H and O–H groups in total. The van der Waals surface area contributed by atoms with E-state index in [2.05, 4.69) is 26.0 Å². The molecule has 0 saturated heterocycles. The maximum absolute atomic E-state index is 8.74. The van der Waals surface area contributed by atoms with Crippen LogP contribution >= 0.6 is 0 Å². The fraction of sp³-hybridized carbons (Fsp3) is 0.667. The Morgan fingerprint density at radius 3 is 1.82 bits per heavy atom. The van der Waals surface area contributed by atoms with Gasteiger partial charge in [-0.1, -0.05) is 25.5 Å². The quantitative estimate of drug-likeness (QED) is 0.503. The third-order valence-corrected chi connectivity index (χ3v) is 0.691. The van der Waals surface area contributed by atoms with E-state index >= 15 is 0 Å². The molecule has 0 spiro atoms. The highest BCUT2D eigenvalue weighted by Crippen LogP contribution is 1.85. The molecule has 0 radical (unpaired) electrons. The van der Waals surface area contributed by atoms with Crippen LogP contribution in [0.3, 0.4) is 0 Å². The van der Waals surface area contributed by atoms with Crippen LogP contribution in [0.1, 0.15) is 26.7 Å². The molecule has 0 amide bonds. The van der Waals surface area contributed by atoms with Crippen molar-refractivity contribution in [3.05, 3.63) is 12.2 Å². The van der Waals surface area contributed by atoms with Gasteiger partial charge in [0.25, 0.3) is 0 Å². The first kappa shape index (κ1) is 13.2. The van der Waals surface area contributed by atoms with Crippen LogP contribution < -0.4 is 0 Å². The van der Waals surface area contributed by atoms with Crippen LogP contribution in [-0.4, -0.2) is 17.5 Å². The van der Waals surface area contributed by atoms with Crippen LogP contribution in [0.25, 0.3) is 0 Å². The monoisotopic (exact) mass is 182 g/mol. The van der Waals surface area contributed by atoms with Gasteiger partial charge >= 0.3 is 10.4 Å². The Balaban J connectivity index is 0. The predicted octanol–water partition coefficient (Wildman–Crippen LogP) is 1.71. The predicted molar refractivity (Wildman–Crippen MR) is 43.9 cm³/mol. The summed E-state index contributed by atoms with van der Waals surface area (Å²) in [5.74, 6) is 0. The molecular formula is C6H14O4S. The van der Waals surface area contributed by atoms with Crippen LogP contribution in [0.4, 0.5) is 0 Å². The van der Waals surface area contributed by atoms with Crippen LogP contribution in [0, 0.1) is 0 Å². The van der Waals surface area contributed by atoms with Crippen molar-refractivity contribution in [1.29, 1.82) is 0 Å². The molecule has 0 aromatic carbocycles. The van der Waals surface area contributed by atoms with E-state index < -0.39 is 10.4 Å². The van der Waals surface area contributed by atoms with Gasteiger partial charge in [-0.05, 0) is 13.3 Å². The molecule has 0 heterocycles. The van der Waals surface area contributed by atoms with Crippen molar-refractivity contribution in [2.24, 2.45) is 0 Å². The highest BCUT2D eigenvalue weighted by molar-refractivity contribution is 7.79. The van der Waals surface area contributed by atoms with E-state index in [0.717, 1.165) is 0 Å². The Kier molecular flexibility index (Phi) is 9.27. The first-order valence-corrected chi connectivity index (χ1v) is 4.62. The number of unbranched alkanes of at least 4 members (excludes halogenated alkanes) is 1. The summed E-state index contributed by atoms with van der Waals surface area (Å²) < 4.78 is 31.6. The lowest BCUT2D eigenvalue weighted by Gasteiger charge is -1.76. The molecule has 0 fully saturated rings. The van der Waals surface area contributed by atoms with Gasteiger partial charge < -0.3 is 0 Å². The van der Waals surface area contributed by atoms with Crippen LogP contribution in [-0.2, 0) is 10.4 Å². The van der Waals surface area contributed by atoms with Crippen molar-refractivity contribution in [3.8, 4) is 0 Å². The lowest BCUT2D eigenvalue weighted by Crippen LogP contribution is -1.89. The zero-order chi connectivity index (χ0) is 9.33. The molecule has 0 aromatic rings. The smallest absolute Gasteiger partial charge is 0.264 e. The standard InChI is InChI=1S/C6H12.H2O4S/c1-3-5-6-4-2;1-5(2,3)4/h3,5H,4,6H2,1-2H3;(H2,1,2,3,4). The van der Waals surface area contributed by atoms with Crippen LogP contribution in [0.2, 0.25) is 0 Å². The Labute approximate surface area is 67.5 Å². The lowest BCUT2D eigenvalue weighted by atomic mass is 10.3. The molecule has 0 atom stereocenters. The van der Waals surface area contributed by atoms with Crippen LogP contribution in [0.15, 0.2) is 12.2 Å². The molecule has 5 heteroatoms. The maximum Gasteiger partial charge on any atom is 0.394 e. The van der Waals surface area contributed by atoms with Crippen molar-refractivity contribution in [2.75, 3.05) is 0 Å². The van der Waals surface area contributed by atoms with Gasteiger partial charge in [-0.3, -0.25) is 9.11 Å². The topological polar surface area (TPSA) is 74.6 Å². The minimum atomic E-state index is -4.67. The Hall–Kier alpha value is -0.390. The first-order chi connectivity index (χ1) is 4.91. The fourth-order valence-electron chi connectivity index (χ4n) is 0.333. The average Bonchev–Trinajstić information content (AvgIpc) is 1.79. The number of hydrogen-bond donors (Lipinski definition) is 2. The summed E-state index contributed by atoms with van der Waals surface area (Å²) in [6, 6.07) is 0. The highest BCUT2D eigenvalue weighted by Gasteiger charge is 1.84. The summed E-state index contributed by atoms with van der Waals surface area (Å²) in [4.78, 5) is 0. The second-order valence-electron chi connectivity index (χ2n) is 1.81. The fourth-order valence-corrected chi connectivity index (χ4v) is 0.333. The van der Waals surface area contributed by atoms with E-state index in [9.17, 15) is 0 Å². The maximum atomic E-state index is 8.74. The second kappa shape index (κ2) is 7.71. The van der Waals surface area contributed by atoms with Crippen molar-refractivity contribution in [3.63, 3.8) is 0 Å². The average molecular weight is 182 g/mol. The van der Waals surface area contributed by atoms with Gasteiger partial charge in [0, 0.05) is 0 Å². The summed E-state index contributed by atoms with van der Waals surface area (Å²) in [6.45, 7) is 4.23. The summed E-state index contributed by atoms with van der Waals surface area (Å²) in [5, 5.41) is 0. The zero-order valence-electron chi connectivity index (χ0n) is 6.69. The van der Waals surface area contributed by atoms with Crippen molar-refractivity contribution in [1.82, 2.24) is 0 Å². The van der Waals surface area contributed by atoms with Gasteiger partial charge in [-0.15, -0.1) is 0 Å². The third kappa shape index (κ3) is 81.7. The minimum Gasteiger partial charge on any atom is -0.264 e. The van der Waals surface area contributed by atoms with Gasteiger partial charge in [0.1, 0.15) is 0 Å². The summed E-state index contributed by atoms with van der Waals surface area (Å²) in [5.41, 5.74) is 0. The molecule has 0 aliphatic carbocycles. The van der Waals surface area contributed by atoms with Crippen LogP contribution in [0.5, 0.6) is 0 Å². The van der Waals surface area contributed by atoms with E-state index in [0.29, 0.717) is 0 Å². The largest absolute Gasteiger partial charge is 0.394 e. The molecule has 0 aliphatic rings. The second-order valence-corrected chi connectivity index (χ2v) is 2.70. The summed E-state index contributed by atoms with van der Waals surface area (Å²) in [7, 11) is -4.67. The number of rotatable bonds is 2. The molecule has 0 rings (SSSR count). The molecule has 0 unspecified atom stereocenters. The Bertz CT molecular complexity index is 173. The zero-order valence-corrected chi connectivity index (χ0v) is 7.50. The Morgan fingerprint density at radius 1 is 1.36 bits per heavy atom. The van der Waals surface area contributed by atoms with Gasteiger partial charge in [-0.25, -0.2) is 0 Å². The van der Waals surface area contributed by atoms with Gasteiger partial charge in [0.2, 0.25) is 0 Å². The Morgan fingerprint density at radius 2 is 1.73 bits per heavy atom. The molecule has 11 heavy (non-hydrogen) atoms. The molecule has 0 saturated carbocycles. The lowest BCUT2D eigenvalue weighted by molar-refractivity contribution is 0.381. The molecule has 4 nitrogen and oxygen atoms in total. The highest BCUT2D eigenvalue weighted by atomic mass is 32.3. The van der Waals surface area contributed by atoms with Crippen molar-refractivity contribution < 1.29 is 17.5 Å². The molecule has 0 aromatic heterocycles. The van der Waals surface area contributed by atoms with E-state index in [1.165, 1.54) is 12.8 Å². The third-order valence-electron chi connectivity index (χ3n) is 0.691. The summed E-state index contributed by atoms with van der Waals surface area (Å²) in [6.07, 6.45) is 6.77. The van der Waals surface area contributed by atoms with E-state index in [4.69, 9.17) is 17.5 Å². The SMILES string of the molecule is CC=CCCC.O=S(=O)(O)O. The van der Waals surface area contributed by atoms with Crippen molar-refractivity contribution >= 4 is 10.4 Å². The molecule has 68 valence electrons. The van der Waals surface area contributed by atoms with Crippen molar-refractivity contribution in [2.45, 2.75) is 26.7 Å². The van der Waals surface area contributed by atoms with E-state index in [1.807, 2.05) is 0 Å². The summed E-state index contributed by atoms with van der Waals surface area (Å²) >= 11 is 0. The van der Waals surface area contributed by atoms with Gasteiger partial charge in [0.05, 0.1) is 0 Å². The normalized spacial score (nSPS) is 10.9. The number of hydrogen-bond acceptors (Lipinski definition) is 2. The van der Waals surface area contributed by atoms with Gasteiger partial charge in [-0.2, -0.15) is 8.42 Å². The molecule has 0 aliphatic heterocycles. The number of allylic oxidation sites excluding steroid dienone is 2. The first-order valence-electron chi connectivity index (χ1n) is 3.22. The molecule has 0 bridgehead atoms. The van der Waals surface area contributed by atoms with E-state index in [1.54, 1.807) is 0 Å². The molecular weight excluding hydrogens is 168 g/mol. The van der Waals surface area contributed by atoms with E-state index in [-0.39, 0.29) is 0 Å². The van der Waals surface area contributed by atoms with Gasteiger partial charge in [0.15, 0.2) is 0 Å². The minimum absolute atomic E-state index is 1.23.